The van der Waals surface area contributed by atoms with Crippen LogP contribution in [-0.4, -0.2) is 17.8 Å². The summed E-state index contributed by atoms with van der Waals surface area (Å²) in [6, 6.07) is 7.29. The number of carbonyl (C=O) groups excluding carboxylic acids is 1. The Morgan fingerprint density at radius 1 is 1.37 bits per heavy atom. The van der Waals surface area contributed by atoms with Gasteiger partial charge in [-0.15, -0.1) is 0 Å². The Labute approximate surface area is 115 Å². The van der Waals surface area contributed by atoms with Crippen LogP contribution < -0.4 is 10.1 Å². The van der Waals surface area contributed by atoms with Gasteiger partial charge in [0.05, 0.1) is 6.10 Å². The molecule has 0 aliphatic heterocycles. The molecule has 0 unspecified atom stereocenters. The highest BCUT2D eigenvalue weighted by Crippen LogP contribution is 2.20. The molecule has 1 aromatic carbocycles. The summed E-state index contributed by atoms with van der Waals surface area (Å²) in [5.41, 5.74) is 0.157. The van der Waals surface area contributed by atoms with Crippen molar-refractivity contribution in [2.45, 2.75) is 52.7 Å². The van der Waals surface area contributed by atoms with Gasteiger partial charge in [-0.1, -0.05) is 13.0 Å². The molecule has 1 rings (SSSR count). The third-order valence-electron chi connectivity index (χ3n) is 2.39. The van der Waals surface area contributed by atoms with Gasteiger partial charge in [0.1, 0.15) is 11.4 Å². The standard InChI is InChI=1S/C15H23NO3/c1-6-11(2)18-13-9-7-8-12(10-13)16-14(17)19-15(3,4)5/h7-11H,6H2,1-5H3,(H,16,17)/t11-/m1/s1. The molecule has 1 atom stereocenters. The van der Waals surface area contributed by atoms with Crippen molar-refractivity contribution in [1.29, 1.82) is 0 Å². The fourth-order valence-electron chi connectivity index (χ4n) is 1.38. The fourth-order valence-corrected chi connectivity index (χ4v) is 1.38. The molecule has 1 aromatic rings. The lowest BCUT2D eigenvalue weighted by molar-refractivity contribution is 0.0636. The van der Waals surface area contributed by atoms with Gasteiger partial charge in [-0.25, -0.2) is 4.79 Å². The number of nitrogens with one attached hydrogen (secondary N) is 1. The summed E-state index contributed by atoms with van der Waals surface area (Å²) >= 11 is 0. The first-order chi connectivity index (χ1) is 8.80. The number of amides is 1. The molecule has 1 amide bonds. The van der Waals surface area contributed by atoms with Gasteiger partial charge in [0.15, 0.2) is 0 Å². The number of hydrogen-bond acceptors (Lipinski definition) is 3. The molecule has 0 aliphatic carbocycles. The molecule has 4 nitrogen and oxygen atoms in total. The van der Waals surface area contributed by atoms with Crippen molar-refractivity contribution in [3.05, 3.63) is 24.3 Å². The van der Waals surface area contributed by atoms with Crippen molar-refractivity contribution in [3.63, 3.8) is 0 Å². The molecule has 0 aromatic heterocycles. The maximum atomic E-state index is 11.6. The van der Waals surface area contributed by atoms with Gasteiger partial charge >= 0.3 is 6.09 Å². The summed E-state index contributed by atoms with van der Waals surface area (Å²) in [7, 11) is 0. The Morgan fingerprint density at radius 3 is 2.63 bits per heavy atom. The lowest BCUT2D eigenvalue weighted by Gasteiger charge is -2.20. The van der Waals surface area contributed by atoms with Crippen LogP contribution in [0.3, 0.4) is 0 Å². The zero-order valence-electron chi connectivity index (χ0n) is 12.3. The van der Waals surface area contributed by atoms with Crippen LogP contribution in [0.25, 0.3) is 0 Å². The van der Waals surface area contributed by atoms with Crippen LogP contribution in [0.5, 0.6) is 5.75 Å². The quantitative estimate of drug-likeness (QED) is 0.887. The average Bonchev–Trinajstić information content (AvgIpc) is 2.26. The molecular weight excluding hydrogens is 242 g/mol. The van der Waals surface area contributed by atoms with Crippen LogP contribution in [0.1, 0.15) is 41.0 Å². The number of rotatable bonds is 4. The van der Waals surface area contributed by atoms with Gasteiger partial charge in [-0.3, -0.25) is 5.32 Å². The Bertz CT molecular complexity index is 424. The first-order valence-electron chi connectivity index (χ1n) is 6.57. The summed E-state index contributed by atoms with van der Waals surface area (Å²) in [5.74, 6) is 0.739. The van der Waals surface area contributed by atoms with Crippen LogP contribution >= 0.6 is 0 Å². The molecule has 0 fully saturated rings. The van der Waals surface area contributed by atoms with E-state index in [1.54, 1.807) is 12.1 Å². The second-order valence-electron chi connectivity index (χ2n) is 5.49. The normalized spacial score (nSPS) is 12.7. The number of ether oxygens (including phenoxy) is 2. The Balaban J connectivity index is 2.64. The van der Waals surface area contributed by atoms with Gasteiger partial charge in [0.2, 0.25) is 0 Å². The number of carbonyl (C=O) groups is 1. The van der Waals surface area contributed by atoms with E-state index >= 15 is 0 Å². The highest BCUT2D eigenvalue weighted by molar-refractivity contribution is 5.85. The third-order valence-corrected chi connectivity index (χ3v) is 2.39. The number of hydrogen-bond donors (Lipinski definition) is 1. The zero-order chi connectivity index (χ0) is 14.5. The lowest BCUT2D eigenvalue weighted by Crippen LogP contribution is -2.27. The second kappa shape index (κ2) is 6.45. The monoisotopic (exact) mass is 265 g/mol. The number of anilines is 1. The molecule has 19 heavy (non-hydrogen) atoms. The van der Waals surface area contributed by atoms with E-state index in [1.807, 2.05) is 39.8 Å². The molecule has 0 aliphatic rings. The molecule has 0 spiro atoms. The largest absolute Gasteiger partial charge is 0.491 e. The maximum absolute atomic E-state index is 11.6. The van der Waals surface area contributed by atoms with Crippen LogP contribution in [0, 0.1) is 0 Å². The summed E-state index contributed by atoms with van der Waals surface area (Å²) < 4.78 is 10.9. The SMILES string of the molecule is CC[C@@H](C)Oc1cccc(NC(=O)OC(C)(C)C)c1. The molecular formula is C15H23NO3. The highest BCUT2D eigenvalue weighted by atomic mass is 16.6. The Morgan fingerprint density at radius 2 is 2.05 bits per heavy atom. The van der Waals surface area contributed by atoms with Crippen molar-refractivity contribution in [1.82, 2.24) is 0 Å². The van der Waals surface area contributed by atoms with E-state index in [-0.39, 0.29) is 6.10 Å². The molecule has 0 radical (unpaired) electrons. The van der Waals surface area contributed by atoms with Crippen LogP contribution in [0.15, 0.2) is 24.3 Å². The van der Waals surface area contributed by atoms with Crippen molar-refractivity contribution in [2.75, 3.05) is 5.32 Å². The molecule has 0 saturated carbocycles. The fraction of sp³-hybridized carbons (Fsp3) is 0.533. The van der Waals surface area contributed by atoms with Crippen molar-refractivity contribution in [3.8, 4) is 5.75 Å². The minimum Gasteiger partial charge on any atom is -0.491 e. The predicted molar refractivity (Wildman–Crippen MR) is 76.7 cm³/mol. The minimum atomic E-state index is -0.505. The average molecular weight is 265 g/mol. The van der Waals surface area contributed by atoms with E-state index < -0.39 is 11.7 Å². The van der Waals surface area contributed by atoms with Crippen molar-refractivity contribution < 1.29 is 14.3 Å². The first-order valence-corrected chi connectivity index (χ1v) is 6.57. The summed E-state index contributed by atoms with van der Waals surface area (Å²) in [6.07, 6.45) is 0.619. The lowest BCUT2D eigenvalue weighted by atomic mass is 10.2. The molecule has 4 heteroatoms. The third kappa shape index (κ3) is 6.13. The molecule has 0 heterocycles. The Hall–Kier alpha value is -1.71. The summed E-state index contributed by atoms with van der Waals surface area (Å²) in [4.78, 5) is 11.6. The van der Waals surface area contributed by atoms with Gasteiger partial charge < -0.3 is 9.47 Å². The van der Waals surface area contributed by atoms with Crippen molar-refractivity contribution in [2.24, 2.45) is 0 Å². The van der Waals surface area contributed by atoms with Crippen LogP contribution in [0.4, 0.5) is 10.5 Å². The van der Waals surface area contributed by atoms with Crippen LogP contribution in [0.2, 0.25) is 0 Å². The smallest absolute Gasteiger partial charge is 0.412 e. The van der Waals surface area contributed by atoms with Gasteiger partial charge in [-0.05, 0) is 46.2 Å². The topological polar surface area (TPSA) is 47.6 Å². The van der Waals surface area contributed by atoms with E-state index in [0.717, 1.165) is 12.2 Å². The molecule has 0 saturated heterocycles. The predicted octanol–water partition coefficient (Wildman–Crippen LogP) is 4.21. The van der Waals surface area contributed by atoms with Gasteiger partial charge in [0, 0.05) is 11.8 Å². The van der Waals surface area contributed by atoms with E-state index in [9.17, 15) is 4.79 Å². The highest BCUT2D eigenvalue weighted by Gasteiger charge is 2.16. The van der Waals surface area contributed by atoms with Crippen LogP contribution in [-0.2, 0) is 4.74 Å². The molecule has 0 bridgehead atoms. The van der Waals surface area contributed by atoms with E-state index in [1.165, 1.54) is 0 Å². The van der Waals surface area contributed by atoms with E-state index in [2.05, 4.69) is 12.2 Å². The minimum absolute atomic E-state index is 0.150. The molecule has 1 N–H and O–H groups in total. The van der Waals surface area contributed by atoms with Gasteiger partial charge in [-0.2, -0.15) is 0 Å². The summed E-state index contributed by atoms with van der Waals surface area (Å²) in [6.45, 7) is 9.56. The first kappa shape index (κ1) is 15.3. The van der Waals surface area contributed by atoms with Crippen molar-refractivity contribution >= 4 is 11.8 Å². The zero-order valence-corrected chi connectivity index (χ0v) is 12.3. The second-order valence-corrected chi connectivity index (χ2v) is 5.49. The number of benzene rings is 1. The Kier molecular flexibility index (Phi) is 5.21. The van der Waals surface area contributed by atoms with E-state index in [0.29, 0.717) is 5.69 Å². The molecule has 106 valence electrons. The maximum Gasteiger partial charge on any atom is 0.412 e. The summed E-state index contributed by atoms with van der Waals surface area (Å²) in [5, 5.41) is 2.69. The van der Waals surface area contributed by atoms with E-state index in [4.69, 9.17) is 9.47 Å². The van der Waals surface area contributed by atoms with Gasteiger partial charge in [0.25, 0.3) is 0 Å².